The fraction of sp³-hybridized carbons (Fsp3) is 0.524. The molecule has 3 saturated heterocycles. The van der Waals surface area contributed by atoms with Crippen LogP contribution in [0.5, 0.6) is 0 Å². The second-order valence-electron chi connectivity index (χ2n) is 8.72. The van der Waals surface area contributed by atoms with Crippen LogP contribution in [0.1, 0.15) is 26.3 Å². The fourth-order valence-corrected chi connectivity index (χ4v) is 5.02. The van der Waals surface area contributed by atoms with Crippen LogP contribution >= 0.6 is 0 Å². The van der Waals surface area contributed by atoms with Crippen LogP contribution in [0.4, 0.5) is 5.69 Å². The Morgan fingerprint density at radius 1 is 1.23 bits per heavy atom. The summed E-state index contributed by atoms with van der Waals surface area (Å²) in [4.78, 5) is 28.7. The van der Waals surface area contributed by atoms with Gasteiger partial charge in [-0.05, 0) is 11.6 Å². The third kappa shape index (κ3) is 2.04. The Kier molecular flexibility index (Phi) is 3.29. The molecule has 4 aliphatic rings. The van der Waals surface area contributed by atoms with Crippen molar-refractivity contribution in [3.05, 3.63) is 35.9 Å². The molecule has 3 fully saturated rings. The van der Waals surface area contributed by atoms with Gasteiger partial charge in [-0.15, -0.1) is 0 Å². The Bertz CT molecular complexity index is 824. The van der Waals surface area contributed by atoms with E-state index < -0.39 is 11.7 Å². The Balaban J connectivity index is 1.69. The van der Waals surface area contributed by atoms with E-state index in [1.54, 1.807) is 0 Å². The molecule has 26 heavy (non-hydrogen) atoms. The lowest BCUT2D eigenvalue weighted by Gasteiger charge is -2.38. The number of rotatable bonds is 1. The minimum Gasteiger partial charge on any atom is -0.353 e. The van der Waals surface area contributed by atoms with Crippen molar-refractivity contribution >= 4 is 23.3 Å². The second-order valence-corrected chi connectivity index (χ2v) is 8.72. The number of benzene rings is 1. The lowest BCUT2D eigenvalue weighted by molar-refractivity contribution is -0.164. The van der Waals surface area contributed by atoms with Crippen LogP contribution in [0, 0.1) is 17.3 Å². The van der Waals surface area contributed by atoms with E-state index in [2.05, 4.69) is 23.1 Å². The normalized spacial score (nSPS) is 37.3. The number of carbonyl (C=O) groups excluding carboxylic acids is 2. The van der Waals surface area contributed by atoms with Crippen LogP contribution < -0.4 is 4.90 Å². The average Bonchev–Trinajstić information content (AvgIpc) is 3.19. The van der Waals surface area contributed by atoms with E-state index in [-0.39, 0.29) is 41.6 Å². The monoisotopic (exact) mass is 353 g/mol. The van der Waals surface area contributed by atoms with Crippen LogP contribution in [0.25, 0.3) is 6.08 Å². The first kappa shape index (κ1) is 16.2. The summed E-state index contributed by atoms with van der Waals surface area (Å²) in [6.07, 6.45) is 3.18. The van der Waals surface area contributed by atoms with Crippen molar-refractivity contribution < 1.29 is 19.1 Å². The number of anilines is 1. The zero-order chi connectivity index (χ0) is 18.2. The van der Waals surface area contributed by atoms with Gasteiger partial charge in [0.15, 0.2) is 11.6 Å². The minimum absolute atomic E-state index is 0.0213. The zero-order valence-electron chi connectivity index (χ0n) is 15.2. The molecular weight excluding hydrogens is 330 g/mol. The van der Waals surface area contributed by atoms with E-state index in [9.17, 15) is 9.59 Å². The Labute approximate surface area is 153 Å². The van der Waals surface area contributed by atoms with E-state index in [1.165, 1.54) is 0 Å². The van der Waals surface area contributed by atoms with Gasteiger partial charge in [-0.3, -0.25) is 9.59 Å². The number of carbonyl (C=O) groups is 2. The molecule has 4 aliphatic heterocycles. The van der Waals surface area contributed by atoms with Gasteiger partial charge in [0, 0.05) is 17.0 Å². The molecule has 0 amide bonds. The predicted octanol–water partition coefficient (Wildman–Crippen LogP) is 2.44. The van der Waals surface area contributed by atoms with Crippen LogP contribution in [-0.4, -0.2) is 42.7 Å². The third-order valence-electron chi connectivity index (χ3n) is 6.16. The van der Waals surface area contributed by atoms with Crippen molar-refractivity contribution in [3.8, 4) is 0 Å². The summed E-state index contributed by atoms with van der Waals surface area (Å²) in [6.45, 7) is 6.23. The number of Topliss-reactive ketones (excluding diaryl/α,β-unsaturated/α-hetero) is 2. The lowest BCUT2D eigenvalue weighted by atomic mass is 9.74. The minimum atomic E-state index is -0.767. The largest absolute Gasteiger partial charge is 0.353 e. The summed E-state index contributed by atoms with van der Waals surface area (Å²) in [6, 6.07) is 7.59. The van der Waals surface area contributed by atoms with E-state index in [1.807, 2.05) is 39.0 Å². The summed E-state index contributed by atoms with van der Waals surface area (Å²) in [5.41, 5.74) is 1.62. The van der Waals surface area contributed by atoms with Crippen molar-refractivity contribution in [3.63, 3.8) is 0 Å². The number of ether oxygens (including phenoxy) is 2. The molecule has 136 valence electrons. The van der Waals surface area contributed by atoms with E-state index in [4.69, 9.17) is 9.47 Å². The van der Waals surface area contributed by atoms with E-state index in [0.717, 1.165) is 11.3 Å². The van der Waals surface area contributed by atoms with Gasteiger partial charge in [-0.1, -0.05) is 51.1 Å². The molecule has 2 bridgehead atoms. The topological polar surface area (TPSA) is 55.8 Å². The molecule has 0 radical (unpaired) electrons. The first-order chi connectivity index (χ1) is 12.4. The van der Waals surface area contributed by atoms with Gasteiger partial charge >= 0.3 is 0 Å². The van der Waals surface area contributed by atoms with Gasteiger partial charge in [-0.2, -0.15) is 0 Å². The van der Waals surface area contributed by atoms with Gasteiger partial charge in [0.25, 0.3) is 0 Å². The fourth-order valence-electron chi connectivity index (χ4n) is 5.02. The van der Waals surface area contributed by atoms with Crippen molar-refractivity contribution in [1.29, 1.82) is 0 Å². The Hall–Kier alpha value is -1.98. The molecule has 1 aromatic rings. The first-order valence-corrected chi connectivity index (χ1v) is 9.28. The molecule has 0 unspecified atom stereocenters. The van der Waals surface area contributed by atoms with Gasteiger partial charge in [0.2, 0.25) is 6.29 Å². The summed E-state index contributed by atoms with van der Waals surface area (Å²) < 4.78 is 11.4. The standard InChI is InChI=1S/C21H23NO4/c1-21(2,3)19(24)17-16-14-10-25-20(26-14)18(23)15(16)13-9-8-11-6-4-5-7-12(11)22(13)17/h4-9,13-17,20H,10H2,1-3H3/t13-,14-,15+,16-,17-,20+/m0/s1. The quantitative estimate of drug-likeness (QED) is 0.776. The number of fused-ring (bicyclic) bond motifs is 8. The van der Waals surface area contributed by atoms with Gasteiger partial charge in [0.1, 0.15) is 0 Å². The smallest absolute Gasteiger partial charge is 0.218 e. The predicted molar refractivity (Wildman–Crippen MR) is 96.6 cm³/mol. The molecule has 1 aromatic carbocycles. The van der Waals surface area contributed by atoms with Crippen LogP contribution in [0.3, 0.4) is 0 Å². The van der Waals surface area contributed by atoms with Crippen molar-refractivity contribution in [2.45, 2.75) is 45.2 Å². The highest BCUT2D eigenvalue weighted by molar-refractivity contribution is 5.98. The highest BCUT2D eigenvalue weighted by Gasteiger charge is 2.64. The molecule has 0 aliphatic carbocycles. The Morgan fingerprint density at radius 3 is 2.77 bits per heavy atom. The summed E-state index contributed by atoms with van der Waals surface area (Å²) in [5.74, 6) is -0.301. The molecule has 0 N–H and O–H groups in total. The number of para-hydroxylation sites is 1. The first-order valence-electron chi connectivity index (χ1n) is 9.28. The van der Waals surface area contributed by atoms with Gasteiger partial charge in [0.05, 0.1) is 30.7 Å². The maximum atomic E-state index is 13.5. The van der Waals surface area contributed by atoms with E-state index >= 15 is 0 Å². The SMILES string of the molecule is CC(C)(C)C(=O)[C@@H]1[C@@H]2[C@H](C(=O)[C@@H]3OC[C@@H]2O3)[C@@H]2C=Cc3ccccc3N12. The molecule has 0 saturated carbocycles. The van der Waals surface area contributed by atoms with Crippen LogP contribution in [0.2, 0.25) is 0 Å². The molecule has 5 heteroatoms. The highest BCUT2D eigenvalue weighted by atomic mass is 16.7. The second kappa shape index (κ2) is 5.27. The van der Waals surface area contributed by atoms with Crippen molar-refractivity contribution in [1.82, 2.24) is 0 Å². The molecule has 6 atom stereocenters. The number of nitrogens with zero attached hydrogens (tertiary/aromatic N) is 1. The number of hydrogen-bond donors (Lipinski definition) is 0. The summed E-state index contributed by atoms with van der Waals surface area (Å²) in [5, 5.41) is 0. The van der Waals surface area contributed by atoms with Crippen LogP contribution in [-0.2, 0) is 19.1 Å². The summed E-state index contributed by atoms with van der Waals surface area (Å²) >= 11 is 0. The van der Waals surface area contributed by atoms with E-state index in [0.29, 0.717) is 6.61 Å². The number of ketones is 2. The lowest BCUT2D eigenvalue weighted by Crippen LogP contribution is -2.51. The maximum Gasteiger partial charge on any atom is 0.218 e. The average molecular weight is 353 g/mol. The summed E-state index contributed by atoms with van der Waals surface area (Å²) in [7, 11) is 0. The molecule has 5 rings (SSSR count). The molecule has 5 nitrogen and oxygen atoms in total. The molecule has 0 spiro atoms. The molecule has 4 heterocycles. The highest BCUT2D eigenvalue weighted by Crippen LogP contribution is 2.51. The molecular formula is C21H23NO4. The Morgan fingerprint density at radius 2 is 2.00 bits per heavy atom. The number of hydrogen-bond acceptors (Lipinski definition) is 5. The third-order valence-corrected chi connectivity index (χ3v) is 6.16. The van der Waals surface area contributed by atoms with Crippen molar-refractivity contribution in [2.24, 2.45) is 17.3 Å². The zero-order valence-corrected chi connectivity index (χ0v) is 15.2. The van der Waals surface area contributed by atoms with Crippen LogP contribution in [0.15, 0.2) is 30.3 Å². The van der Waals surface area contributed by atoms with Gasteiger partial charge < -0.3 is 14.4 Å². The maximum absolute atomic E-state index is 13.5. The van der Waals surface area contributed by atoms with Gasteiger partial charge in [-0.25, -0.2) is 0 Å². The molecule has 0 aromatic heterocycles. The van der Waals surface area contributed by atoms with Crippen molar-refractivity contribution in [2.75, 3.05) is 11.5 Å².